The van der Waals surface area contributed by atoms with Crippen molar-refractivity contribution < 1.29 is 38.6 Å². The van der Waals surface area contributed by atoms with Gasteiger partial charge in [-0.3, -0.25) is 4.18 Å². The lowest BCUT2D eigenvalue weighted by Crippen LogP contribution is -2.92. The van der Waals surface area contributed by atoms with Crippen molar-refractivity contribution in [3.05, 3.63) is 0 Å². The molecule has 0 radical (unpaired) electrons. The molecular weight excluding hydrogens is 562 g/mol. The van der Waals surface area contributed by atoms with Gasteiger partial charge in [0.25, 0.3) is 0 Å². The van der Waals surface area contributed by atoms with Crippen molar-refractivity contribution in [2.45, 2.75) is 130 Å². The summed E-state index contributed by atoms with van der Waals surface area (Å²) in [5.74, 6) is 4.83. The molecule has 0 spiro atoms. The van der Waals surface area contributed by atoms with Gasteiger partial charge in [0, 0.05) is 32.1 Å². The van der Waals surface area contributed by atoms with Crippen molar-refractivity contribution in [1.82, 2.24) is 0 Å². The van der Waals surface area contributed by atoms with Gasteiger partial charge in [-0.2, -0.15) is 0 Å². The van der Waals surface area contributed by atoms with Gasteiger partial charge in [0.15, 0.2) is 0 Å². The van der Waals surface area contributed by atoms with E-state index < -0.39 is 16.5 Å². The van der Waals surface area contributed by atoms with Crippen LogP contribution in [0.2, 0.25) is 0 Å². The molecule has 4 fully saturated rings. The molecule has 0 amide bonds. The highest BCUT2D eigenvalue weighted by atomic mass is 32.3. The average molecular weight is 630 g/mol. The Morgan fingerprint density at radius 3 is 2.44 bits per heavy atom. The average Bonchev–Trinajstić information content (AvgIpc) is 3.28. The van der Waals surface area contributed by atoms with E-state index in [1.54, 1.807) is 0 Å². The molecule has 0 bridgehead atoms. The number of quaternary nitrogens is 3. The Balaban J connectivity index is 1.31. The van der Waals surface area contributed by atoms with Crippen LogP contribution in [0.3, 0.4) is 0 Å². The molecule has 9 heteroatoms. The van der Waals surface area contributed by atoms with Crippen LogP contribution in [0.25, 0.3) is 0 Å². The maximum Gasteiger partial charge on any atom is 0.217 e. The minimum absolute atomic E-state index is 0.0183. The van der Waals surface area contributed by atoms with Crippen LogP contribution in [-0.2, 0) is 14.6 Å². The summed E-state index contributed by atoms with van der Waals surface area (Å²) >= 11 is 0. The molecule has 4 aliphatic rings. The standard InChI is InChI=1S/C34H65N3O5S/c1-22(2)31(42-43(39,40)41)12-9-23(3)28-10-11-29-33-27(13-14-34(28,29)5)32-24(4)19-26(20-25(32)21-30(33)38)37-18-8-17-36-16-7-6-15-35/h22-33,36-38H,6-21,35H2,1-5H3,(H,39,40,41)/p+2/t23-,24-,25?,26+,27?,28?,29?,30-,31-,32?,33?,34-/m1/s1. The lowest BCUT2D eigenvalue weighted by molar-refractivity contribution is -0.706. The molecule has 6 unspecified atom stereocenters. The van der Waals surface area contributed by atoms with Crippen molar-refractivity contribution in [3.8, 4) is 0 Å². The van der Waals surface area contributed by atoms with Crippen LogP contribution in [-0.4, -0.2) is 62.5 Å². The second-order valence-corrected chi connectivity index (χ2v) is 17.1. The third-order valence-electron chi connectivity index (χ3n) is 13.0. The van der Waals surface area contributed by atoms with E-state index in [0.717, 1.165) is 31.2 Å². The van der Waals surface area contributed by atoms with Gasteiger partial charge in [-0.05, 0) is 104 Å². The fourth-order valence-corrected chi connectivity index (χ4v) is 11.7. The van der Waals surface area contributed by atoms with Crippen molar-refractivity contribution in [1.29, 1.82) is 0 Å². The summed E-state index contributed by atoms with van der Waals surface area (Å²) < 4.78 is 38.8. The summed E-state index contributed by atoms with van der Waals surface area (Å²) in [5, 5.41) is 16.9. The van der Waals surface area contributed by atoms with E-state index in [0.29, 0.717) is 48.0 Å². The summed E-state index contributed by atoms with van der Waals surface area (Å²) in [5.41, 5.74) is 4.16. The number of fused-ring (bicyclic) bond motifs is 5. The maximum absolute atomic E-state index is 11.8. The Kier molecular flexibility index (Phi) is 12.8. The van der Waals surface area contributed by atoms with E-state index in [-0.39, 0.29) is 17.4 Å². The Hall–Kier alpha value is -0.290. The van der Waals surface area contributed by atoms with E-state index in [2.05, 4.69) is 37.1 Å². The number of aliphatic hydroxyl groups excluding tert-OH is 1. The minimum atomic E-state index is -4.70. The van der Waals surface area contributed by atoms with Gasteiger partial charge in [0.2, 0.25) is 10.4 Å². The SMILES string of the molecule is CC(C)[C@@H](CC[C@@H](C)C1CCC2C3C(CC[C@@]21C)C1C(C[C@@H]([NH2+]CCC[NH2+]CCCC[NH3+])C[C@H]1C)C[C@H]3O)OS(=O)(=O)[O-]. The Morgan fingerprint density at radius 2 is 1.74 bits per heavy atom. The van der Waals surface area contributed by atoms with Crippen LogP contribution in [0.4, 0.5) is 0 Å². The highest BCUT2D eigenvalue weighted by Gasteiger charge is 2.60. The third kappa shape index (κ3) is 8.75. The Labute approximate surface area is 263 Å². The van der Waals surface area contributed by atoms with Crippen LogP contribution >= 0.6 is 0 Å². The highest BCUT2D eigenvalue weighted by Crippen LogP contribution is 2.66. The van der Waals surface area contributed by atoms with E-state index in [1.165, 1.54) is 77.4 Å². The quantitative estimate of drug-likeness (QED) is 0.118. The van der Waals surface area contributed by atoms with Gasteiger partial charge >= 0.3 is 0 Å². The first-order chi connectivity index (χ1) is 20.4. The van der Waals surface area contributed by atoms with Crippen molar-refractivity contribution in [3.63, 3.8) is 0 Å². The van der Waals surface area contributed by atoms with E-state index in [4.69, 9.17) is 4.18 Å². The van der Waals surface area contributed by atoms with Gasteiger partial charge in [-0.1, -0.05) is 34.6 Å². The summed E-state index contributed by atoms with van der Waals surface area (Å²) in [7, 11) is -4.70. The molecule has 0 heterocycles. The van der Waals surface area contributed by atoms with Gasteiger partial charge in [-0.15, -0.1) is 0 Å². The van der Waals surface area contributed by atoms with Crippen LogP contribution in [0.15, 0.2) is 0 Å². The molecule has 0 aliphatic heterocycles. The minimum Gasteiger partial charge on any atom is -0.726 e. The number of unbranched alkanes of at least 4 members (excludes halogenated alkanes) is 1. The number of hydrogen-bond donors (Lipinski definition) is 4. The maximum atomic E-state index is 11.8. The lowest BCUT2D eigenvalue weighted by atomic mass is 9.47. The molecule has 12 atom stereocenters. The number of hydrogen-bond acceptors (Lipinski definition) is 5. The van der Waals surface area contributed by atoms with Gasteiger partial charge in [0.05, 0.1) is 44.4 Å². The number of nitrogens with two attached hydrogens (primary N) is 2. The van der Waals surface area contributed by atoms with Crippen molar-refractivity contribution >= 4 is 10.4 Å². The molecule has 0 aromatic rings. The predicted octanol–water partition coefficient (Wildman–Crippen LogP) is 2.30. The summed E-state index contributed by atoms with van der Waals surface area (Å²) in [6.45, 7) is 15.9. The highest BCUT2D eigenvalue weighted by molar-refractivity contribution is 7.80. The molecule has 0 aromatic heterocycles. The van der Waals surface area contributed by atoms with Crippen LogP contribution in [0.1, 0.15) is 112 Å². The second-order valence-electron chi connectivity index (χ2n) is 16.1. The van der Waals surface area contributed by atoms with Gasteiger partial charge in [0.1, 0.15) is 0 Å². The molecule has 8 nitrogen and oxygen atoms in total. The first-order valence-corrected chi connectivity index (χ1v) is 19.4. The van der Waals surface area contributed by atoms with Crippen LogP contribution in [0.5, 0.6) is 0 Å². The first kappa shape index (κ1) is 35.6. The first-order valence-electron chi connectivity index (χ1n) is 18.1. The fraction of sp³-hybridized carbons (Fsp3) is 1.00. The summed E-state index contributed by atoms with van der Waals surface area (Å²) in [4.78, 5) is 0. The molecular formula is C34H67N3O5S+2. The van der Waals surface area contributed by atoms with E-state index >= 15 is 0 Å². The van der Waals surface area contributed by atoms with Crippen molar-refractivity contribution in [2.75, 3.05) is 26.2 Å². The molecule has 4 rings (SSSR count). The molecule has 8 N–H and O–H groups in total. The number of rotatable bonds is 16. The normalized spacial score (nSPS) is 39.2. The van der Waals surface area contributed by atoms with Crippen LogP contribution in [0, 0.1) is 58.7 Å². The lowest BCUT2D eigenvalue weighted by Gasteiger charge is -2.59. The predicted molar refractivity (Wildman–Crippen MR) is 168 cm³/mol. The Morgan fingerprint density at radius 1 is 1.00 bits per heavy atom. The van der Waals surface area contributed by atoms with E-state index in [1.807, 2.05) is 13.8 Å². The van der Waals surface area contributed by atoms with Crippen molar-refractivity contribution in [2.24, 2.45) is 58.7 Å². The smallest absolute Gasteiger partial charge is 0.217 e. The summed E-state index contributed by atoms with van der Waals surface area (Å²) in [6, 6.07) is 0.715. The third-order valence-corrected chi connectivity index (χ3v) is 13.5. The molecule has 0 aromatic carbocycles. The topological polar surface area (TPSA) is 148 Å². The fourth-order valence-electron chi connectivity index (χ4n) is 11.1. The zero-order valence-corrected chi connectivity index (χ0v) is 28.9. The molecule has 4 saturated carbocycles. The zero-order chi connectivity index (χ0) is 31.4. The molecule has 0 saturated heterocycles. The zero-order valence-electron chi connectivity index (χ0n) is 28.1. The molecule has 43 heavy (non-hydrogen) atoms. The Bertz CT molecular complexity index is 966. The van der Waals surface area contributed by atoms with Gasteiger partial charge in [-0.25, -0.2) is 8.42 Å². The summed E-state index contributed by atoms with van der Waals surface area (Å²) in [6.07, 6.45) is 13.0. The van der Waals surface area contributed by atoms with Crippen LogP contribution < -0.4 is 16.4 Å². The molecule has 4 aliphatic carbocycles. The largest absolute Gasteiger partial charge is 0.726 e. The number of aliphatic hydroxyl groups is 1. The van der Waals surface area contributed by atoms with E-state index in [9.17, 15) is 18.1 Å². The molecule has 252 valence electrons. The second kappa shape index (κ2) is 15.5. The monoisotopic (exact) mass is 629 g/mol. The van der Waals surface area contributed by atoms with Gasteiger partial charge < -0.3 is 26.0 Å².